The molecule has 2 aromatic heterocycles. The number of H-pyrrole nitrogens is 1. The zero-order valence-electron chi connectivity index (χ0n) is 10.2. The van der Waals surface area contributed by atoms with Gasteiger partial charge >= 0.3 is 0 Å². The van der Waals surface area contributed by atoms with E-state index in [4.69, 9.17) is 12.2 Å². The normalized spacial score (nSPS) is 13.5. The van der Waals surface area contributed by atoms with Crippen LogP contribution >= 0.6 is 12.2 Å². The first-order valence-electron chi connectivity index (χ1n) is 5.76. The Balaban J connectivity index is 2.79. The van der Waals surface area contributed by atoms with Gasteiger partial charge in [-0.15, -0.1) is 0 Å². The number of hydrogen-bond acceptors (Lipinski definition) is 2. The Hall–Kier alpha value is -1.10. The number of aryl methyl sites for hydroxylation is 2. The zero-order chi connectivity index (χ0) is 11.9. The molecule has 1 unspecified atom stereocenters. The van der Waals surface area contributed by atoms with Gasteiger partial charge in [-0.1, -0.05) is 13.8 Å². The van der Waals surface area contributed by atoms with Gasteiger partial charge in [0.25, 0.3) is 0 Å². The highest BCUT2D eigenvalue weighted by Crippen LogP contribution is 2.23. The van der Waals surface area contributed by atoms with E-state index in [2.05, 4.69) is 35.4 Å². The second-order valence-corrected chi connectivity index (χ2v) is 4.57. The molecule has 0 aliphatic heterocycles. The number of rotatable bonds is 3. The molecule has 4 nitrogen and oxygen atoms in total. The van der Waals surface area contributed by atoms with E-state index < -0.39 is 0 Å². The molecular formula is C11H18N4S. The molecule has 0 aromatic carbocycles. The summed E-state index contributed by atoms with van der Waals surface area (Å²) in [4.78, 5) is 3.28. The van der Waals surface area contributed by atoms with Crippen LogP contribution < -0.4 is 0 Å². The molecule has 0 radical (unpaired) electrons. The maximum absolute atomic E-state index is 5.38. The third kappa shape index (κ3) is 1.50. The van der Waals surface area contributed by atoms with Crippen LogP contribution in [-0.2, 0) is 13.5 Å². The van der Waals surface area contributed by atoms with Crippen LogP contribution in [0.1, 0.15) is 38.9 Å². The van der Waals surface area contributed by atoms with Crippen molar-refractivity contribution in [2.45, 2.75) is 39.7 Å². The molecule has 0 aliphatic carbocycles. The minimum atomic E-state index is 0.404. The summed E-state index contributed by atoms with van der Waals surface area (Å²) in [7, 11) is 1.98. The van der Waals surface area contributed by atoms with Crippen LogP contribution in [0, 0.1) is 4.77 Å². The average molecular weight is 238 g/mol. The smallest absolute Gasteiger partial charge is 0.179 e. The summed E-state index contributed by atoms with van der Waals surface area (Å²) < 4.78 is 4.88. The first-order chi connectivity index (χ1) is 7.60. The molecule has 2 aromatic rings. The number of fused-ring (bicyclic) bond motifs is 1. The number of aromatic amines is 1. The second-order valence-electron chi connectivity index (χ2n) is 4.18. The highest BCUT2D eigenvalue weighted by molar-refractivity contribution is 7.71. The number of aromatic nitrogens is 4. The van der Waals surface area contributed by atoms with E-state index >= 15 is 0 Å². The summed E-state index contributed by atoms with van der Waals surface area (Å²) in [5, 5.41) is 4.50. The molecule has 2 rings (SSSR count). The molecule has 1 atom stereocenters. The standard InChI is InChI=1S/C11H18N4S/c1-5-7(3)15-10-9(12-11(15)16)8(6-2)13-14(10)4/h7H,5-6H2,1-4H3,(H,12,16). The summed E-state index contributed by atoms with van der Waals surface area (Å²) in [6.07, 6.45) is 1.99. The molecule has 0 aliphatic rings. The molecular weight excluding hydrogens is 220 g/mol. The molecule has 0 bridgehead atoms. The molecule has 1 N–H and O–H groups in total. The Morgan fingerprint density at radius 2 is 2.12 bits per heavy atom. The lowest BCUT2D eigenvalue weighted by Gasteiger charge is -2.11. The monoisotopic (exact) mass is 238 g/mol. The van der Waals surface area contributed by atoms with Gasteiger partial charge in [0.15, 0.2) is 10.4 Å². The average Bonchev–Trinajstić information content (AvgIpc) is 2.75. The van der Waals surface area contributed by atoms with Crippen molar-refractivity contribution in [3.05, 3.63) is 10.5 Å². The number of hydrogen-bond donors (Lipinski definition) is 1. The van der Waals surface area contributed by atoms with Crippen LogP contribution in [0.15, 0.2) is 0 Å². The lowest BCUT2D eigenvalue weighted by molar-refractivity contribution is 0.525. The van der Waals surface area contributed by atoms with Gasteiger partial charge in [-0.05, 0) is 32.0 Å². The molecule has 2 heterocycles. The van der Waals surface area contributed by atoms with E-state index in [1.807, 2.05) is 11.7 Å². The Kier molecular flexibility index (Phi) is 2.88. The number of imidazole rings is 1. The minimum Gasteiger partial charge on any atom is -0.328 e. The van der Waals surface area contributed by atoms with Crippen molar-refractivity contribution >= 4 is 23.4 Å². The van der Waals surface area contributed by atoms with E-state index in [9.17, 15) is 0 Å². The van der Waals surface area contributed by atoms with E-state index in [0.717, 1.165) is 34.5 Å². The Morgan fingerprint density at radius 3 is 2.69 bits per heavy atom. The van der Waals surface area contributed by atoms with Gasteiger partial charge in [0.05, 0.1) is 5.69 Å². The van der Waals surface area contributed by atoms with Gasteiger partial charge in [0.2, 0.25) is 0 Å². The van der Waals surface area contributed by atoms with E-state index in [-0.39, 0.29) is 0 Å². The summed E-state index contributed by atoms with van der Waals surface area (Å²) in [6.45, 7) is 6.46. The fourth-order valence-electron chi connectivity index (χ4n) is 2.08. The minimum absolute atomic E-state index is 0.404. The third-order valence-electron chi connectivity index (χ3n) is 3.13. The van der Waals surface area contributed by atoms with Gasteiger partial charge in [0.1, 0.15) is 5.52 Å². The largest absolute Gasteiger partial charge is 0.328 e. The van der Waals surface area contributed by atoms with E-state index in [1.54, 1.807) is 0 Å². The van der Waals surface area contributed by atoms with Crippen molar-refractivity contribution < 1.29 is 0 Å². The fourth-order valence-corrected chi connectivity index (χ4v) is 2.44. The van der Waals surface area contributed by atoms with Gasteiger partial charge < -0.3 is 4.98 Å². The quantitative estimate of drug-likeness (QED) is 0.835. The fraction of sp³-hybridized carbons (Fsp3) is 0.636. The Labute approximate surface area is 100 Å². The van der Waals surface area contributed by atoms with Crippen molar-refractivity contribution in [1.82, 2.24) is 19.3 Å². The first-order valence-corrected chi connectivity index (χ1v) is 6.17. The van der Waals surface area contributed by atoms with Crippen molar-refractivity contribution in [1.29, 1.82) is 0 Å². The molecule has 88 valence electrons. The first kappa shape index (κ1) is 11.4. The molecule has 0 fully saturated rings. The third-order valence-corrected chi connectivity index (χ3v) is 3.43. The predicted molar refractivity (Wildman–Crippen MR) is 68.3 cm³/mol. The van der Waals surface area contributed by atoms with E-state index in [0.29, 0.717) is 6.04 Å². The summed E-state index contributed by atoms with van der Waals surface area (Å²) in [5.41, 5.74) is 3.29. The lowest BCUT2D eigenvalue weighted by atomic mass is 10.2. The molecule has 0 saturated heterocycles. The highest BCUT2D eigenvalue weighted by atomic mass is 32.1. The SMILES string of the molecule is CCc1nn(C)c2c1[nH]c(=S)n2C(C)CC. The van der Waals surface area contributed by atoms with Crippen LogP contribution in [-0.4, -0.2) is 19.3 Å². The van der Waals surface area contributed by atoms with Gasteiger partial charge in [-0.25, -0.2) is 0 Å². The predicted octanol–water partition coefficient (Wildman–Crippen LogP) is 2.97. The maximum Gasteiger partial charge on any atom is 0.179 e. The summed E-state index contributed by atoms with van der Waals surface area (Å²) in [6, 6.07) is 0.404. The van der Waals surface area contributed by atoms with Gasteiger partial charge in [0, 0.05) is 13.1 Å². The molecule has 0 saturated carbocycles. The van der Waals surface area contributed by atoms with Gasteiger partial charge in [-0.2, -0.15) is 5.10 Å². The van der Waals surface area contributed by atoms with Crippen LogP contribution in [0.4, 0.5) is 0 Å². The second kappa shape index (κ2) is 4.05. The van der Waals surface area contributed by atoms with Crippen molar-refractivity contribution in [2.75, 3.05) is 0 Å². The summed E-state index contributed by atoms with van der Waals surface area (Å²) in [5.74, 6) is 0. The van der Waals surface area contributed by atoms with Gasteiger partial charge in [-0.3, -0.25) is 9.25 Å². The van der Waals surface area contributed by atoms with Crippen LogP contribution in [0.2, 0.25) is 0 Å². The van der Waals surface area contributed by atoms with Crippen molar-refractivity contribution in [3.8, 4) is 0 Å². The van der Waals surface area contributed by atoms with Crippen LogP contribution in [0.3, 0.4) is 0 Å². The van der Waals surface area contributed by atoms with Crippen LogP contribution in [0.5, 0.6) is 0 Å². The maximum atomic E-state index is 5.38. The van der Waals surface area contributed by atoms with Crippen molar-refractivity contribution in [3.63, 3.8) is 0 Å². The number of nitrogens with one attached hydrogen (secondary N) is 1. The number of nitrogens with zero attached hydrogens (tertiary/aromatic N) is 3. The Morgan fingerprint density at radius 1 is 1.44 bits per heavy atom. The molecule has 5 heteroatoms. The lowest BCUT2D eigenvalue weighted by Crippen LogP contribution is -2.07. The molecule has 16 heavy (non-hydrogen) atoms. The zero-order valence-corrected chi connectivity index (χ0v) is 11.1. The van der Waals surface area contributed by atoms with Crippen LogP contribution in [0.25, 0.3) is 11.2 Å². The Bertz CT molecular complexity index is 560. The van der Waals surface area contributed by atoms with Crippen molar-refractivity contribution in [2.24, 2.45) is 7.05 Å². The van der Waals surface area contributed by atoms with E-state index in [1.165, 1.54) is 0 Å². The highest BCUT2D eigenvalue weighted by Gasteiger charge is 2.16. The molecule has 0 amide bonds. The summed E-state index contributed by atoms with van der Waals surface area (Å²) >= 11 is 5.38. The topological polar surface area (TPSA) is 38.5 Å². The molecule has 0 spiro atoms.